The summed E-state index contributed by atoms with van der Waals surface area (Å²) in [4.78, 5) is 12.1. The van der Waals surface area contributed by atoms with Crippen LogP contribution in [0, 0.1) is 20.8 Å². The minimum atomic E-state index is 0.144. The molecule has 17 heavy (non-hydrogen) atoms. The van der Waals surface area contributed by atoms with Crippen molar-refractivity contribution in [3.8, 4) is 0 Å². The number of ether oxygens (including phenoxy) is 1. The summed E-state index contributed by atoms with van der Waals surface area (Å²) >= 11 is 0. The average Bonchev–Trinajstić information content (AvgIpc) is 2.30. The lowest BCUT2D eigenvalue weighted by Gasteiger charge is -2.11. The van der Waals surface area contributed by atoms with Crippen LogP contribution < -0.4 is 0 Å². The maximum absolute atomic E-state index is 12.1. The zero-order chi connectivity index (χ0) is 13.0. The summed E-state index contributed by atoms with van der Waals surface area (Å²) < 4.78 is 5.16. The maximum Gasteiger partial charge on any atom is 0.163 e. The SMILES string of the molecule is COC(C)CCC(=O)c1cc(C)c(C)cc1C. The number of aryl methyl sites for hydroxylation is 3. The highest BCUT2D eigenvalue weighted by Gasteiger charge is 2.12. The summed E-state index contributed by atoms with van der Waals surface area (Å²) in [6.07, 6.45) is 1.48. The van der Waals surface area contributed by atoms with Gasteiger partial charge in [0.05, 0.1) is 6.10 Å². The molecule has 0 N–H and O–H groups in total. The third-order valence-corrected chi connectivity index (χ3v) is 3.32. The summed E-state index contributed by atoms with van der Waals surface area (Å²) in [6.45, 7) is 8.10. The molecule has 0 saturated heterocycles. The van der Waals surface area contributed by atoms with E-state index in [0.29, 0.717) is 6.42 Å². The molecule has 0 aliphatic heterocycles. The molecule has 0 aliphatic carbocycles. The number of hydrogen-bond donors (Lipinski definition) is 0. The van der Waals surface area contributed by atoms with Crippen molar-refractivity contribution in [2.75, 3.05) is 7.11 Å². The van der Waals surface area contributed by atoms with Gasteiger partial charge in [0.1, 0.15) is 0 Å². The van der Waals surface area contributed by atoms with E-state index in [0.717, 1.165) is 17.5 Å². The monoisotopic (exact) mass is 234 g/mol. The second-order valence-corrected chi connectivity index (χ2v) is 4.76. The van der Waals surface area contributed by atoms with Gasteiger partial charge < -0.3 is 4.74 Å². The Kier molecular flexibility index (Phi) is 4.88. The number of ketones is 1. The Balaban J connectivity index is 2.79. The first kappa shape index (κ1) is 13.9. The van der Waals surface area contributed by atoms with Crippen molar-refractivity contribution in [1.29, 1.82) is 0 Å². The van der Waals surface area contributed by atoms with Crippen molar-refractivity contribution < 1.29 is 9.53 Å². The van der Waals surface area contributed by atoms with E-state index in [2.05, 4.69) is 13.0 Å². The molecule has 0 saturated carbocycles. The normalized spacial score (nSPS) is 12.5. The first-order chi connectivity index (χ1) is 7.95. The first-order valence-electron chi connectivity index (χ1n) is 6.09. The van der Waals surface area contributed by atoms with Crippen LogP contribution in [0.25, 0.3) is 0 Å². The Labute approximate surface area is 104 Å². The summed E-state index contributed by atoms with van der Waals surface area (Å²) in [5, 5.41) is 0. The molecule has 0 spiro atoms. The quantitative estimate of drug-likeness (QED) is 0.727. The molecule has 0 heterocycles. The Bertz CT molecular complexity index is 408. The highest BCUT2D eigenvalue weighted by molar-refractivity contribution is 5.97. The Morgan fingerprint density at radius 2 is 1.76 bits per heavy atom. The van der Waals surface area contributed by atoms with E-state index in [-0.39, 0.29) is 11.9 Å². The van der Waals surface area contributed by atoms with Crippen LogP contribution in [0.3, 0.4) is 0 Å². The fraction of sp³-hybridized carbons (Fsp3) is 0.533. The molecule has 1 unspecified atom stereocenters. The molecule has 1 rings (SSSR count). The molecule has 2 heteroatoms. The van der Waals surface area contributed by atoms with Gasteiger partial charge in [-0.2, -0.15) is 0 Å². The zero-order valence-electron chi connectivity index (χ0n) is 11.5. The fourth-order valence-electron chi connectivity index (χ4n) is 1.85. The van der Waals surface area contributed by atoms with Gasteiger partial charge in [0.25, 0.3) is 0 Å². The number of rotatable bonds is 5. The van der Waals surface area contributed by atoms with E-state index in [1.165, 1.54) is 11.1 Å². The van der Waals surface area contributed by atoms with Crippen LogP contribution in [0.15, 0.2) is 12.1 Å². The Hall–Kier alpha value is -1.15. The minimum absolute atomic E-state index is 0.144. The van der Waals surface area contributed by atoms with E-state index in [1.54, 1.807) is 7.11 Å². The standard InChI is InChI=1S/C15H22O2/c1-10-8-12(3)14(9-11(10)2)15(16)7-6-13(4)17-5/h8-9,13H,6-7H2,1-5H3. The molecule has 94 valence electrons. The summed E-state index contributed by atoms with van der Waals surface area (Å²) in [6, 6.07) is 4.09. The topological polar surface area (TPSA) is 26.3 Å². The average molecular weight is 234 g/mol. The molecule has 1 atom stereocenters. The van der Waals surface area contributed by atoms with Crippen LogP contribution in [0.2, 0.25) is 0 Å². The predicted octanol–water partition coefficient (Wildman–Crippen LogP) is 3.61. The van der Waals surface area contributed by atoms with E-state index in [4.69, 9.17) is 4.74 Å². The van der Waals surface area contributed by atoms with Crippen molar-refractivity contribution in [2.24, 2.45) is 0 Å². The molecule has 0 fully saturated rings. The van der Waals surface area contributed by atoms with Crippen molar-refractivity contribution in [1.82, 2.24) is 0 Å². The van der Waals surface area contributed by atoms with Gasteiger partial charge in [0.15, 0.2) is 5.78 Å². The Morgan fingerprint density at radius 1 is 1.18 bits per heavy atom. The molecule has 0 aromatic heterocycles. The van der Waals surface area contributed by atoms with Crippen LogP contribution in [0.4, 0.5) is 0 Å². The second-order valence-electron chi connectivity index (χ2n) is 4.76. The van der Waals surface area contributed by atoms with Gasteiger partial charge in [-0.1, -0.05) is 6.07 Å². The van der Waals surface area contributed by atoms with Gasteiger partial charge >= 0.3 is 0 Å². The van der Waals surface area contributed by atoms with E-state index in [9.17, 15) is 4.79 Å². The highest BCUT2D eigenvalue weighted by Crippen LogP contribution is 2.18. The molecule has 1 aromatic carbocycles. The molecule has 0 bridgehead atoms. The molecule has 0 radical (unpaired) electrons. The van der Waals surface area contributed by atoms with Gasteiger partial charge in [-0.25, -0.2) is 0 Å². The summed E-state index contributed by atoms with van der Waals surface area (Å²) in [5.41, 5.74) is 4.35. The molecule has 1 aromatic rings. The molecular weight excluding hydrogens is 212 g/mol. The van der Waals surface area contributed by atoms with Crippen LogP contribution in [0.1, 0.15) is 46.8 Å². The number of hydrogen-bond acceptors (Lipinski definition) is 2. The van der Waals surface area contributed by atoms with Gasteiger partial charge in [-0.05, 0) is 56.9 Å². The van der Waals surface area contributed by atoms with Crippen molar-refractivity contribution in [3.05, 3.63) is 34.4 Å². The number of methoxy groups -OCH3 is 1. The first-order valence-corrected chi connectivity index (χ1v) is 6.09. The van der Waals surface area contributed by atoms with Crippen LogP contribution in [-0.4, -0.2) is 19.0 Å². The maximum atomic E-state index is 12.1. The van der Waals surface area contributed by atoms with Crippen molar-refractivity contribution >= 4 is 5.78 Å². The minimum Gasteiger partial charge on any atom is -0.382 e. The number of carbonyl (C=O) groups excluding carboxylic acids is 1. The summed E-state index contributed by atoms with van der Waals surface area (Å²) in [5.74, 6) is 0.217. The lowest BCUT2D eigenvalue weighted by atomic mass is 9.96. The van der Waals surface area contributed by atoms with Gasteiger partial charge in [0.2, 0.25) is 0 Å². The lowest BCUT2D eigenvalue weighted by Crippen LogP contribution is -2.10. The van der Waals surface area contributed by atoms with Gasteiger partial charge in [0, 0.05) is 19.1 Å². The van der Waals surface area contributed by atoms with E-state index < -0.39 is 0 Å². The number of Topliss-reactive ketones (excluding diaryl/α,β-unsaturated/α-hetero) is 1. The smallest absolute Gasteiger partial charge is 0.163 e. The predicted molar refractivity (Wildman–Crippen MR) is 70.7 cm³/mol. The Morgan fingerprint density at radius 3 is 2.35 bits per heavy atom. The van der Waals surface area contributed by atoms with Gasteiger partial charge in [-0.3, -0.25) is 4.79 Å². The zero-order valence-corrected chi connectivity index (χ0v) is 11.5. The van der Waals surface area contributed by atoms with E-state index >= 15 is 0 Å². The third-order valence-electron chi connectivity index (χ3n) is 3.32. The second kappa shape index (κ2) is 5.97. The fourth-order valence-corrected chi connectivity index (χ4v) is 1.85. The third kappa shape index (κ3) is 3.67. The molecular formula is C15H22O2. The van der Waals surface area contributed by atoms with E-state index in [1.807, 2.05) is 26.8 Å². The lowest BCUT2D eigenvalue weighted by molar-refractivity contribution is 0.0877. The molecule has 2 nitrogen and oxygen atoms in total. The highest BCUT2D eigenvalue weighted by atomic mass is 16.5. The molecule has 0 amide bonds. The largest absolute Gasteiger partial charge is 0.382 e. The van der Waals surface area contributed by atoms with Crippen molar-refractivity contribution in [3.63, 3.8) is 0 Å². The summed E-state index contributed by atoms with van der Waals surface area (Å²) in [7, 11) is 1.68. The van der Waals surface area contributed by atoms with Crippen LogP contribution in [-0.2, 0) is 4.74 Å². The number of carbonyl (C=O) groups is 1. The van der Waals surface area contributed by atoms with Crippen LogP contribution >= 0.6 is 0 Å². The van der Waals surface area contributed by atoms with Crippen LogP contribution in [0.5, 0.6) is 0 Å². The molecule has 0 aliphatic rings. The van der Waals surface area contributed by atoms with Gasteiger partial charge in [-0.15, -0.1) is 0 Å². The number of benzene rings is 1. The van der Waals surface area contributed by atoms with Crippen molar-refractivity contribution in [2.45, 2.75) is 46.6 Å².